The Morgan fingerprint density at radius 3 is 2.64 bits per heavy atom. The minimum atomic E-state index is -0.0614. The first-order valence-electron chi connectivity index (χ1n) is 8.61. The predicted molar refractivity (Wildman–Crippen MR) is 96.9 cm³/mol. The third-order valence-electron chi connectivity index (χ3n) is 4.35. The first-order chi connectivity index (χ1) is 12.2. The van der Waals surface area contributed by atoms with Crippen LogP contribution in [-0.2, 0) is 9.53 Å². The number of rotatable bonds is 6. The maximum Gasteiger partial charge on any atom is 0.247 e. The maximum atomic E-state index is 12.5. The number of carbonyl (C=O) groups excluding carboxylic acids is 1. The molecule has 1 N–H and O–H groups in total. The molecule has 5 nitrogen and oxygen atoms in total. The number of hydrogen-bond acceptors (Lipinski definition) is 4. The summed E-state index contributed by atoms with van der Waals surface area (Å²) in [7, 11) is 0. The molecule has 2 aromatic rings. The molecule has 1 fully saturated rings. The topological polar surface area (TPSA) is 54.7 Å². The summed E-state index contributed by atoms with van der Waals surface area (Å²) in [5.41, 5.74) is 1.71. The second kappa shape index (κ2) is 8.65. The van der Waals surface area contributed by atoms with Crippen molar-refractivity contribution in [3.63, 3.8) is 0 Å². The van der Waals surface area contributed by atoms with Gasteiger partial charge in [-0.2, -0.15) is 0 Å². The van der Waals surface area contributed by atoms with Crippen LogP contribution in [-0.4, -0.2) is 43.7 Å². The van der Waals surface area contributed by atoms with Crippen LogP contribution in [0.25, 0.3) is 6.08 Å². The van der Waals surface area contributed by atoms with Crippen molar-refractivity contribution in [2.24, 2.45) is 0 Å². The minimum Gasteiger partial charge on any atom is -0.468 e. The van der Waals surface area contributed by atoms with Gasteiger partial charge >= 0.3 is 0 Å². The second-order valence-corrected chi connectivity index (χ2v) is 6.13. The van der Waals surface area contributed by atoms with Crippen LogP contribution in [0.15, 0.2) is 58.7 Å². The molecule has 1 saturated heterocycles. The highest BCUT2D eigenvalue weighted by Gasteiger charge is 2.25. The van der Waals surface area contributed by atoms with Crippen LogP contribution < -0.4 is 5.32 Å². The Balaban J connectivity index is 1.64. The van der Waals surface area contributed by atoms with E-state index in [0.717, 1.165) is 24.4 Å². The van der Waals surface area contributed by atoms with E-state index in [9.17, 15) is 4.79 Å². The van der Waals surface area contributed by atoms with Crippen LogP contribution in [0.4, 0.5) is 0 Å². The van der Waals surface area contributed by atoms with Gasteiger partial charge in [-0.25, -0.2) is 0 Å². The van der Waals surface area contributed by atoms with Gasteiger partial charge in [-0.15, -0.1) is 0 Å². The summed E-state index contributed by atoms with van der Waals surface area (Å²) in [6.45, 7) is 5.42. The van der Waals surface area contributed by atoms with Gasteiger partial charge in [-0.05, 0) is 30.7 Å². The molecule has 132 valence electrons. The van der Waals surface area contributed by atoms with Crippen molar-refractivity contribution in [3.05, 3.63) is 65.6 Å². The van der Waals surface area contributed by atoms with Gasteiger partial charge in [-0.3, -0.25) is 9.69 Å². The maximum absolute atomic E-state index is 12.5. The molecule has 0 bridgehead atoms. The van der Waals surface area contributed by atoms with E-state index in [1.165, 1.54) is 0 Å². The van der Waals surface area contributed by atoms with Gasteiger partial charge in [0.15, 0.2) is 0 Å². The lowest BCUT2D eigenvalue weighted by molar-refractivity contribution is -0.117. The summed E-state index contributed by atoms with van der Waals surface area (Å²) >= 11 is 0. The highest BCUT2D eigenvalue weighted by molar-refractivity contribution is 5.97. The highest BCUT2D eigenvalue weighted by Crippen LogP contribution is 2.21. The van der Waals surface area contributed by atoms with E-state index in [1.54, 1.807) is 6.26 Å². The monoisotopic (exact) mass is 340 g/mol. The van der Waals surface area contributed by atoms with E-state index in [0.29, 0.717) is 25.3 Å². The Labute approximate surface area is 148 Å². The zero-order valence-electron chi connectivity index (χ0n) is 14.5. The molecular weight excluding hydrogens is 316 g/mol. The molecule has 1 aliphatic heterocycles. The molecule has 1 aliphatic rings. The molecule has 0 saturated carbocycles. The van der Waals surface area contributed by atoms with E-state index in [4.69, 9.17) is 9.15 Å². The number of morpholine rings is 1. The summed E-state index contributed by atoms with van der Waals surface area (Å²) in [5, 5.41) is 3.04. The average molecular weight is 340 g/mol. The molecule has 1 amide bonds. The number of furan rings is 1. The fourth-order valence-electron chi connectivity index (χ4n) is 2.97. The SMILES string of the molecule is C/C(=C\c1ccccc1)C(=O)NCC(c1ccco1)N1CCOCC1. The third kappa shape index (κ3) is 4.81. The van der Waals surface area contributed by atoms with Crippen molar-refractivity contribution in [1.29, 1.82) is 0 Å². The van der Waals surface area contributed by atoms with Gasteiger partial charge in [-0.1, -0.05) is 30.3 Å². The molecule has 1 aromatic carbocycles. The van der Waals surface area contributed by atoms with E-state index < -0.39 is 0 Å². The van der Waals surface area contributed by atoms with Crippen molar-refractivity contribution >= 4 is 12.0 Å². The van der Waals surface area contributed by atoms with Crippen LogP contribution >= 0.6 is 0 Å². The lowest BCUT2D eigenvalue weighted by atomic mass is 10.1. The number of ether oxygens (including phenoxy) is 1. The number of carbonyl (C=O) groups is 1. The molecule has 0 aliphatic carbocycles. The lowest BCUT2D eigenvalue weighted by Crippen LogP contribution is -2.43. The van der Waals surface area contributed by atoms with E-state index in [2.05, 4.69) is 10.2 Å². The summed E-state index contributed by atoms with van der Waals surface area (Å²) in [4.78, 5) is 14.7. The number of amides is 1. The van der Waals surface area contributed by atoms with Crippen LogP contribution in [0.1, 0.15) is 24.3 Å². The Morgan fingerprint density at radius 2 is 1.96 bits per heavy atom. The van der Waals surface area contributed by atoms with Crippen LogP contribution in [0.3, 0.4) is 0 Å². The quantitative estimate of drug-likeness (QED) is 0.822. The van der Waals surface area contributed by atoms with Gasteiger partial charge < -0.3 is 14.5 Å². The third-order valence-corrected chi connectivity index (χ3v) is 4.35. The predicted octanol–water partition coefficient (Wildman–Crippen LogP) is 2.87. The molecule has 0 radical (unpaired) electrons. The molecule has 5 heteroatoms. The zero-order chi connectivity index (χ0) is 17.5. The first kappa shape index (κ1) is 17.5. The van der Waals surface area contributed by atoms with Crippen molar-refractivity contribution in [2.45, 2.75) is 13.0 Å². The van der Waals surface area contributed by atoms with Crippen molar-refractivity contribution in [1.82, 2.24) is 10.2 Å². The van der Waals surface area contributed by atoms with Crippen LogP contribution in [0, 0.1) is 0 Å². The second-order valence-electron chi connectivity index (χ2n) is 6.13. The van der Waals surface area contributed by atoms with Gasteiger partial charge in [0.2, 0.25) is 5.91 Å². The summed E-state index contributed by atoms with van der Waals surface area (Å²) < 4.78 is 11.0. The van der Waals surface area contributed by atoms with E-state index in [-0.39, 0.29) is 11.9 Å². The number of nitrogens with zero attached hydrogens (tertiary/aromatic N) is 1. The normalized spacial score (nSPS) is 17.2. The van der Waals surface area contributed by atoms with Gasteiger partial charge in [0.25, 0.3) is 0 Å². The molecule has 25 heavy (non-hydrogen) atoms. The smallest absolute Gasteiger partial charge is 0.247 e. The zero-order valence-corrected chi connectivity index (χ0v) is 14.5. The molecule has 1 atom stereocenters. The first-order valence-corrected chi connectivity index (χ1v) is 8.61. The van der Waals surface area contributed by atoms with Gasteiger partial charge in [0, 0.05) is 25.2 Å². The van der Waals surface area contributed by atoms with Gasteiger partial charge in [0.1, 0.15) is 5.76 Å². The van der Waals surface area contributed by atoms with Gasteiger partial charge in [0.05, 0.1) is 25.5 Å². The number of hydrogen-bond donors (Lipinski definition) is 1. The average Bonchev–Trinajstić information content (AvgIpc) is 3.18. The van der Waals surface area contributed by atoms with Crippen LogP contribution in [0.5, 0.6) is 0 Å². The Morgan fingerprint density at radius 1 is 1.20 bits per heavy atom. The molecular formula is C20H24N2O3. The standard InChI is InChI=1S/C20H24N2O3/c1-16(14-17-6-3-2-4-7-17)20(23)21-15-18(19-8-5-11-25-19)22-9-12-24-13-10-22/h2-8,11,14,18H,9-10,12-13,15H2,1H3,(H,21,23)/b16-14+. The molecule has 3 rings (SSSR count). The number of benzene rings is 1. The van der Waals surface area contributed by atoms with Crippen LogP contribution in [0.2, 0.25) is 0 Å². The summed E-state index contributed by atoms with van der Waals surface area (Å²) in [5.74, 6) is 0.806. The lowest BCUT2D eigenvalue weighted by Gasteiger charge is -2.33. The Hall–Kier alpha value is -2.37. The summed E-state index contributed by atoms with van der Waals surface area (Å²) in [6, 6.07) is 13.7. The fourth-order valence-corrected chi connectivity index (χ4v) is 2.97. The largest absolute Gasteiger partial charge is 0.468 e. The molecule has 2 heterocycles. The Bertz CT molecular complexity index is 689. The summed E-state index contributed by atoms with van der Waals surface area (Å²) in [6.07, 6.45) is 3.57. The minimum absolute atomic E-state index is 0.0207. The molecule has 1 aromatic heterocycles. The molecule has 1 unspecified atom stereocenters. The Kier molecular flexibility index (Phi) is 6.04. The van der Waals surface area contributed by atoms with Crippen molar-refractivity contribution in [2.75, 3.05) is 32.8 Å². The van der Waals surface area contributed by atoms with Crippen molar-refractivity contribution < 1.29 is 13.9 Å². The van der Waals surface area contributed by atoms with E-state index in [1.807, 2.05) is 55.5 Å². The molecule has 0 spiro atoms. The van der Waals surface area contributed by atoms with E-state index >= 15 is 0 Å². The van der Waals surface area contributed by atoms with Crippen molar-refractivity contribution in [3.8, 4) is 0 Å². The number of nitrogens with one attached hydrogen (secondary N) is 1. The fraction of sp³-hybridized carbons (Fsp3) is 0.350. The highest BCUT2D eigenvalue weighted by atomic mass is 16.5.